The molecule has 0 fully saturated rings. The smallest absolute Gasteiger partial charge is 0.338 e. The molecule has 0 aliphatic rings. The third-order valence-electron chi connectivity index (χ3n) is 5.59. The summed E-state index contributed by atoms with van der Waals surface area (Å²) in [7, 11) is 0. The largest absolute Gasteiger partial charge is 0.494 e. The molecule has 0 amide bonds. The number of benzene rings is 2. The first-order valence-electron chi connectivity index (χ1n) is 12.1. The number of esters is 1. The van der Waals surface area contributed by atoms with Gasteiger partial charge in [0, 0.05) is 6.42 Å². The highest BCUT2D eigenvalue weighted by atomic mass is 16.5. The summed E-state index contributed by atoms with van der Waals surface area (Å²) in [6.45, 7) is 6.65. The number of carbonyl (C=O) groups excluding carboxylic acids is 2. The zero-order chi connectivity index (χ0) is 23.2. The van der Waals surface area contributed by atoms with Gasteiger partial charge in [0.15, 0.2) is 11.9 Å². The Morgan fingerprint density at radius 3 is 1.94 bits per heavy atom. The van der Waals surface area contributed by atoms with Gasteiger partial charge in [-0.25, -0.2) is 4.79 Å². The maximum absolute atomic E-state index is 12.3. The van der Waals surface area contributed by atoms with E-state index in [-0.39, 0.29) is 5.78 Å². The van der Waals surface area contributed by atoms with Gasteiger partial charge in [0.25, 0.3) is 0 Å². The fourth-order valence-electron chi connectivity index (χ4n) is 3.46. The van der Waals surface area contributed by atoms with Crippen LogP contribution in [-0.2, 0) is 9.53 Å². The summed E-state index contributed by atoms with van der Waals surface area (Å²) in [6, 6.07) is 15.3. The predicted molar refractivity (Wildman–Crippen MR) is 130 cm³/mol. The molecule has 0 bridgehead atoms. The highest BCUT2D eigenvalue weighted by molar-refractivity contribution is 5.93. The second-order valence-electron chi connectivity index (χ2n) is 8.34. The van der Waals surface area contributed by atoms with Crippen LogP contribution in [0.5, 0.6) is 5.75 Å². The van der Waals surface area contributed by atoms with E-state index in [1.54, 1.807) is 19.1 Å². The minimum absolute atomic E-state index is 0.0318. The number of hydrogen-bond donors (Lipinski definition) is 0. The second kappa shape index (κ2) is 14.4. The van der Waals surface area contributed by atoms with Crippen LogP contribution in [0.1, 0.15) is 88.9 Å². The lowest BCUT2D eigenvalue weighted by molar-refractivity contribution is -0.127. The van der Waals surface area contributed by atoms with E-state index in [1.165, 1.54) is 32.1 Å². The Bertz CT molecular complexity index is 808. The van der Waals surface area contributed by atoms with Crippen molar-refractivity contribution in [2.24, 2.45) is 0 Å². The van der Waals surface area contributed by atoms with Gasteiger partial charge >= 0.3 is 5.97 Å². The van der Waals surface area contributed by atoms with Crippen molar-refractivity contribution in [1.29, 1.82) is 0 Å². The lowest BCUT2D eigenvalue weighted by Crippen LogP contribution is -2.24. The summed E-state index contributed by atoms with van der Waals surface area (Å²) >= 11 is 0. The number of ketones is 1. The quantitative estimate of drug-likeness (QED) is 0.215. The van der Waals surface area contributed by atoms with E-state index in [2.05, 4.69) is 6.92 Å². The van der Waals surface area contributed by atoms with Gasteiger partial charge in [-0.05, 0) is 55.2 Å². The molecule has 2 aromatic rings. The minimum atomic E-state index is -0.711. The molecule has 0 radical (unpaired) electrons. The Morgan fingerprint density at radius 2 is 1.31 bits per heavy atom. The van der Waals surface area contributed by atoms with Crippen molar-refractivity contribution < 1.29 is 19.1 Å². The van der Waals surface area contributed by atoms with Gasteiger partial charge in [-0.2, -0.15) is 0 Å². The standard InChI is InChI=1S/C28H38O4/c1-4-6-8-9-10-11-21-31-26-19-17-24(18-20-26)23-13-15-25(16-14-23)28(30)32-22(3)27(29)12-7-5-2/h13-20,22H,4-12,21H2,1-3H3. The fraction of sp³-hybridized carbons (Fsp3) is 0.500. The van der Waals surface area contributed by atoms with Crippen LogP contribution in [0.4, 0.5) is 0 Å². The molecule has 32 heavy (non-hydrogen) atoms. The van der Waals surface area contributed by atoms with Crippen LogP contribution < -0.4 is 4.74 Å². The Balaban J connectivity index is 1.82. The normalized spacial score (nSPS) is 11.7. The molecule has 2 aromatic carbocycles. The van der Waals surface area contributed by atoms with Crippen molar-refractivity contribution in [1.82, 2.24) is 0 Å². The van der Waals surface area contributed by atoms with E-state index in [9.17, 15) is 9.59 Å². The molecule has 0 heterocycles. The van der Waals surface area contributed by atoms with Crippen LogP contribution in [0.2, 0.25) is 0 Å². The van der Waals surface area contributed by atoms with E-state index < -0.39 is 12.1 Å². The molecule has 0 aromatic heterocycles. The SMILES string of the molecule is CCCCCCCCOc1ccc(-c2ccc(C(=O)OC(C)C(=O)CCCC)cc2)cc1. The number of hydrogen-bond acceptors (Lipinski definition) is 4. The van der Waals surface area contributed by atoms with Crippen molar-refractivity contribution in [3.8, 4) is 16.9 Å². The van der Waals surface area contributed by atoms with E-state index in [4.69, 9.17) is 9.47 Å². The molecule has 0 aliphatic heterocycles. The lowest BCUT2D eigenvalue weighted by Gasteiger charge is -2.12. The van der Waals surface area contributed by atoms with Crippen LogP contribution in [-0.4, -0.2) is 24.5 Å². The lowest BCUT2D eigenvalue weighted by atomic mass is 10.0. The number of unbranched alkanes of at least 4 members (excludes halogenated alkanes) is 6. The molecule has 0 saturated heterocycles. The summed E-state index contributed by atoms with van der Waals surface area (Å²) in [5.74, 6) is 0.382. The minimum Gasteiger partial charge on any atom is -0.494 e. The molecule has 1 unspecified atom stereocenters. The van der Waals surface area contributed by atoms with Gasteiger partial charge in [0.1, 0.15) is 5.75 Å². The monoisotopic (exact) mass is 438 g/mol. The van der Waals surface area contributed by atoms with Crippen molar-refractivity contribution >= 4 is 11.8 Å². The molecule has 174 valence electrons. The van der Waals surface area contributed by atoms with E-state index in [1.807, 2.05) is 43.3 Å². The third kappa shape index (κ3) is 8.86. The summed E-state index contributed by atoms with van der Waals surface area (Å²) in [5, 5.41) is 0. The number of Topliss-reactive ketones (excluding diaryl/α,β-unsaturated/α-hetero) is 1. The summed E-state index contributed by atoms with van der Waals surface area (Å²) in [4.78, 5) is 24.3. The number of ether oxygens (including phenoxy) is 2. The third-order valence-corrected chi connectivity index (χ3v) is 5.59. The molecule has 1 atom stereocenters. The summed E-state index contributed by atoms with van der Waals surface area (Å²) in [6.07, 6.45) is 9.01. The highest BCUT2D eigenvalue weighted by Gasteiger charge is 2.18. The van der Waals surface area contributed by atoms with Crippen LogP contribution in [0.15, 0.2) is 48.5 Å². The average molecular weight is 439 g/mol. The average Bonchev–Trinajstić information content (AvgIpc) is 2.82. The van der Waals surface area contributed by atoms with Crippen LogP contribution in [0.25, 0.3) is 11.1 Å². The van der Waals surface area contributed by atoms with Crippen molar-refractivity contribution in [2.75, 3.05) is 6.61 Å². The van der Waals surface area contributed by atoms with Gasteiger partial charge in [-0.3, -0.25) is 4.79 Å². The van der Waals surface area contributed by atoms with Crippen molar-refractivity contribution in [3.05, 3.63) is 54.1 Å². The predicted octanol–water partition coefficient (Wildman–Crippen LogP) is 7.40. The van der Waals surface area contributed by atoms with Gasteiger partial charge in [-0.1, -0.05) is 76.6 Å². The molecule has 0 N–H and O–H groups in total. The van der Waals surface area contributed by atoms with E-state index >= 15 is 0 Å². The van der Waals surface area contributed by atoms with Crippen molar-refractivity contribution in [3.63, 3.8) is 0 Å². The zero-order valence-corrected chi connectivity index (χ0v) is 19.9. The summed E-state index contributed by atoms with van der Waals surface area (Å²) < 4.78 is 11.2. The Labute approximate surface area is 193 Å². The Kier molecular flexibility index (Phi) is 11.6. The van der Waals surface area contributed by atoms with Crippen LogP contribution >= 0.6 is 0 Å². The first kappa shape index (κ1) is 25.6. The topological polar surface area (TPSA) is 52.6 Å². The first-order chi connectivity index (χ1) is 15.5. The number of carbonyl (C=O) groups is 2. The highest BCUT2D eigenvalue weighted by Crippen LogP contribution is 2.23. The Morgan fingerprint density at radius 1 is 0.750 bits per heavy atom. The fourth-order valence-corrected chi connectivity index (χ4v) is 3.46. The van der Waals surface area contributed by atoms with Crippen LogP contribution in [0.3, 0.4) is 0 Å². The zero-order valence-electron chi connectivity index (χ0n) is 19.9. The maximum atomic E-state index is 12.3. The molecule has 4 heteroatoms. The van der Waals surface area contributed by atoms with E-state index in [0.29, 0.717) is 12.0 Å². The van der Waals surface area contributed by atoms with Gasteiger partial charge in [0.05, 0.1) is 12.2 Å². The first-order valence-corrected chi connectivity index (χ1v) is 12.1. The molecule has 0 spiro atoms. The van der Waals surface area contributed by atoms with E-state index in [0.717, 1.165) is 42.7 Å². The maximum Gasteiger partial charge on any atom is 0.338 e. The molecule has 0 aliphatic carbocycles. The van der Waals surface area contributed by atoms with Gasteiger partial charge in [0.2, 0.25) is 0 Å². The number of rotatable bonds is 15. The summed E-state index contributed by atoms with van der Waals surface area (Å²) in [5.41, 5.74) is 2.51. The van der Waals surface area contributed by atoms with Gasteiger partial charge in [-0.15, -0.1) is 0 Å². The van der Waals surface area contributed by atoms with Crippen LogP contribution in [0, 0.1) is 0 Å². The molecular formula is C28H38O4. The Hall–Kier alpha value is -2.62. The van der Waals surface area contributed by atoms with Gasteiger partial charge < -0.3 is 9.47 Å². The second-order valence-corrected chi connectivity index (χ2v) is 8.34. The molecule has 2 rings (SSSR count). The molecule has 0 saturated carbocycles. The van der Waals surface area contributed by atoms with Crippen molar-refractivity contribution in [2.45, 2.75) is 84.7 Å². The molecular weight excluding hydrogens is 400 g/mol. The molecule has 4 nitrogen and oxygen atoms in total.